The van der Waals surface area contributed by atoms with Gasteiger partial charge in [-0.2, -0.15) is 0 Å². The van der Waals surface area contributed by atoms with Crippen molar-refractivity contribution in [1.82, 2.24) is 20.2 Å². The Morgan fingerprint density at radius 1 is 1.11 bits per heavy atom. The number of hydrogen-bond donors (Lipinski definition) is 1. The molecule has 0 atom stereocenters. The summed E-state index contributed by atoms with van der Waals surface area (Å²) in [5.41, 5.74) is 0.914. The lowest BCUT2D eigenvalue weighted by atomic mass is 10.2. The zero-order valence-corrected chi connectivity index (χ0v) is 11.7. The first-order valence-corrected chi connectivity index (χ1v) is 5.88. The predicted octanol–water partition coefficient (Wildman–Crippen LogP) is 1.04. The van der Waals surface area contributed by atoms with Crippen LogP contribution in [-0.4, -0.2) is 41.5 Å². The second-order valence-electron chi connectivity index (χ2n) is 3.67. The lowest BCUT2D eigenvalue weighted by Gasteiger charge is -2.14. The van der Waals surface area contributed by atoms with Crippen molar-refractivity contribution in [3.05, 3.63) is 17.7 Å². The molecule has 7 nitrogen and oxygen atoms in total. The van der Waals surface area contributed by atoms with Gasteiger partial charge < -0.3 is 14.2 Å². The van der Waals surface area contributed by atoms with Crippen molar-refractivity contribution in [3.63, 3.8) is 0 Å². The Kier molecular flexibility index (Phi) is 4.10. The van der Waals surface area contributed by atoms with Crippen molar-refractivity contribution in [2.75, 3.05) is 21.3 Å². The van der Waals surface area contributed by atoms with Crippen LogP contribution in [0.3, 0.4) is 0 Å². The standard InChI is InChI=1S/C11H14N4O3S/c1-16-8-4-7(5-9(17-2)10(8)18-3)6-15-11(19)12-13-14-15/h4-5H,6H2,1-3H3,(H,12,14,19). The monoisotopic (exact) mass is 282 g/mol. The van der Waals surface area contributed by atoms with Gasteiger partial charge >= 0.3 is 0 Å². The highest BCUT2D eigenvalue weighted by molar-refractivity contribution is 7.80. The lowest BCUT2D eigenvalue weighted by Crippen LogP contribution is -2.04. The number of tetrazole rings is 1. The normalized spacial score (nSPS) is 10.3. The first-order chi connectivity index (χ1) is 9.19. The molecule has 2 aromatic rings. The molecule has 2 rings (SSSR count). The van der Waals surface area contributed by atoms with Crippen LogP contribution in [0, 0.1) is 0 Å². The van der Waals surface area contributed by atoms with Gasteiger partial charge in [-0.15, -0.1) is 17.7 Å². The second kappa shape index (κ2) is 5.79. The molecular formula is C11H14N4O3S. The van der Waals surface area contributed by atoms with Gasteiger partial charge in [0.05, 0.1) is 27.9 Å². The van der Waals surface area contributed by atoms with E-state index >= 15 is 0 Å². The summed E-state index contributed by atoms with van der Waals surface area (Å²) in [6.45, 7) is 0.461. The summed E-state index contributed by atoms with van der Waals surface area (Å²) in [5.74, 6) is 1.73. The van der Waals surface area contributed by atoms with Crippen LogP contribution in [0.25, 0.3) is 0 Å². The van der Waals surface area contributed by atoms with E-state index in [1.165, 1.54) is 0 Å². The summed E-state index contributed by atoms with van der Waals surface area (Å²) >= 11 is 4.16. The molecule has 0 bridgehead atoms. The maximum atomic E-state index is 5.28. The number of thiol groups is 1. The first-order valence-electron chi connectivity index (χ1n) is 5.43. The van der Waals surface area contributed by atoms with Gasteiger partial charge in [0.25, 0.3) is 0 Å². The minimum absolute atomic E-state index is 0.439. The third kappa shape index (κ3) is 2.73. The number of ether oxygens (including phenoxy) is 3. The summed E-state index contributed by atoms with van der Waals surface area (Å²) < 4.78 is 17.4. The minimum atomic E-state index is 0.439. The van der Waals surface area contributed by atoms with Gasteiger partial charge in [-0.1, -0.05) is 0 Å². The van der Waals surface area contributed by atoms with Gasteiger partial charge in [0.15, 0.2) is 11.5 Å². The maximum Gasteiger partial charge on any atom is 0.206 e. The van der Waals surface area contributed by atoms with Crippen LogP contribution in [0.1, 0.15) is 5.56 Å². The fourth-order valence-corrected chi connectivity index (χ4v) is 1.85. The molecule has 0 aliphatic rings. The molecule has 102 valence electrons. The quantitative estimate of drug-likeness (QED) is 0.826. The molecule has 19 heavy (non-hydrogen) atoms. The largest absolute Gasteiger partial charge is 0.493 e. The van der Waals surface area contributed by atoms with E-state index in [9.17, 15) is 0 Å². The average molecular weight is 282 g/mol. The number of methoxy groups -OCH3 is 3. The fourth-order valence-electron chi connectivity index (χ4n) is 1.70. The lowest BCUT2D eigenvalue weighted by molar-refractivity contribution is 0.323. The molecule has 0 aliphatic carbocycles. The van der Waals surface area contributed by atoms with Gasteiger partial charge in [0.1, 0.15) is 0 Å². The first kappa shape index (κ1) is 13.5. The van der Waals surface area contributed by atoms with E-state index in [0.29, 0.717) is 28.9 Å². The highest BCUT2D eigenvalue weighted by Gasteiger charge is 2.14. The molecule has 1 heterocycles. The Balaban J connectivity index is 2.39. The predicted molar refractivity (Wildman–Crippen MR) is 70.3 cm³/mol. The Bertz CT molecular complexity index is 548. The van der Waals surface area contributed by atoms with Gasteiger partial charge in [-0.25, -0.2) is 4.68 Å². The Morgan fingerprint density at radius 2 is 1.74 bits per heavy atom. The van der Waals surface area contributed by atoms with E-state index in [1.807, 2.05) is 12.1 Å². The third-order valence-electron chi connectivity index (χ3n) is 2.57. The fraction of sp³-hybridized carbons (Fsp3) is 0.364. The minimum Gasteiger partial charge on any atom is -0.493 e. The van der Waals surface area contributed by atoms with Crippen molar-refractivity contribution in [2.24, 2.45) is 0 Å². The number of nitrogens with zero attached hydrogens (tertiary/aromatic N) is 4. The highest BCUT2D eigenvalue weighted by atomic mass is 32.1. The van der Waals surface area contributed by atoms with Crippen LogP contribution < -0.4 is 14.2 Å². The van der Waals surface area contributed by atoms with Crippen molar-refractivity contribution < 1.29 is 14.2 Å². The van der Waals surface area contributed by atoms with Gasteiger partial charge in [0.2, 0.25) is 10.9 Å². The van der Waals surface area contributed by atoms with Gasteiger partial charge in [-0.3, -0.25) is 0 Å². The topological polar surface area (TPSA) is 71.3 Å². The van der Waals surface area contributed by atoms with Crippen molar-refractivity contribution in [1.29, 1.82) is 0 Å². The molecule has 1 aromatic heterocycles. The molecule has 0 amide bonds. The van der Waals surface area contributed by atoms with Crippen molar-refractivity contribution in [2.45, 2.75) is 11.7 Å². The van der Waals surface area contributed by atoms with E-state index in [2.05, 4.69) is 28.2 Å². The number of benzene rings is 1. The smallest absolute Gasteiger partial charge is 0.206 e. The third-order valence-corrected chi connectivity index (χ3v) is 2.89. The Labute approximate surface area is 115 Å². The van der Waals surface area contributed by atoms with Gasteiger partial charge in [-0.05, 0) is 28.1 Å². The van der Waals surface area contributed by atoms with E-state index in [1.54, 1.807) is 26.0 Å². The molecular weight excluding hydrogens is 268 g/mol. The van der Waals surface area contributed by atoms with E-state index < -0.39 is 0 Å². The Morgan fingerprint density at radius 3 is 2.16 bits per heavy atom. The summed E-state index contributed by atoms with van der Waals surface area (Å²) in [4.78, 5) is 0. The van der Waals surface area contributed by atoms with Crippen LogP contribution in [0.4, 0.5) is 0 Å². The molecule has 0 unspecified atom stereocenters. The molecule has 0 radical (unpaired) electrons. The second-order valence-corrected chi connectivity index (χ2v) is 4.07. The number of rotatable bonds is 5. The molecule has 0 N–H and O–H groups in total. The number of hydrogen-bond acceptors (Lipinski definition) is 7. The van der Waals surface area contributed by atoms with Crippen LogP contribution in [-0.2, 0) is 6.54 Å². The van der Waals surface area contributed by atoms with Crippen LogP contribution >= 0.6 is 12.6 Å². The van der Waals surface area contributed by atoms with E-state index in [4.69, 9.17) is 14.2 Å². The SMILES string of the molecule is COc1cc(Cn2nnnc2S)cc(OC)c1OC. The van der Waals surface area contributed by atoms with Crippen LogP contribution in [0.15, 0.2) is 17.3 Å². The molecule has 0 fully saturated rings. The summed E-state index contributed by atoms with van der Waals surface area (Å²) in [6.07, 6.45) is 0. The summed E-state index contributed by atoms with van der Waals surface area (Å²) in [5, 5.41) is 11.5. The van der Waals surface area contributed by atoms with Crippen LogP contribution in [0.5, 0.6) is 17.2 Å². The zero-order valence-electron chi connectivity index (χ0n) is 10.8. The summed E-state index contributed by atoms with van der Waals surface area (Å²) in [7, 11) is 4.71. The van der Waals surface area contributed by atoms with Crippen LogP contribution in [0.2, 0.25) is 0 Å². The van der Waals surface area contributed by atoms with Crippen molar-refractivity contribution >= 4 is 12.6 Å². The summed E-state index contributed by atoms with van der Waals surface area (Å²) in [6, 6.07) is 3.69. The molecule has 0 saturated carbocycles. The maximum absolute atomic E-state index is 5.28. The molecule has 8 heteroatoms. The highest BCUT2D eigenvalue weighted by Crippen LogP contribution is 2.38. The average Bonchev–Trinajstić information content (AvgIpc) is 2.83. The van der Waals surface area contributed by atoms with E-state index in [-0.39, 0.29) is 0 Å². The molecule has 1 aromatic carbocycles. The van der Waals surface area contributed by atoms with Crippen molar-refractivity contribution in [3.8, 4) is 17.2 Å². The number of aromatic nitrogens is 4. The Hall–Kier alpha value is -1.96. The van der Waals surface area contributed by atoms with Gasteiger partial charge in [0, 0.05) is 0 Å². The molecule has 0 spiro atoms. The molecule has 0 saturated heterocycles. The van der Waals surface area contributed by atoms with E-state index in [0.717, 1.165) is 5.56 Å². The molecule has 0 aliphatic heterocycles. The zero-order chi connectivity index (χ0) is 13.8.